The molecular weight excluding hydrogens is 531 g/mol. The highest BCUT2D eigenvalue weighted by Crippen LogP contribution is 2.38. The number of amides is 1. The lowest BCUT2D eigenvalue weighted by Gasteiger charge is -2.31. The van der Waals surface area contributed by atoms with Crippen molar-refractivity contribution in [2.75, 3.05) is 47.0 Å². The Labute approximate surface area is 216 Å². The summed E-state index contributed by atoms with van der Waals surface area (Å²) in [6, 6.07) is 6.28. The van der Waals surface area contributed by atoms with Crippen LogP contribution >= 0.6 is 24.0 Å². The highest BCUT2D eigenvalue weighted by molar-refractivity contribution is 14.0. The van der Waals surface area contributed by atoms with Crippen LogP contribution in [0.2, 0.25) is 0 Å². The largest absolute Gasteiger partial charge is 0.493 e. The van der Waals surface area contributed by atoms with Gasteiger partial charge >= 0.3 is 0 Å². The van der Waals surface area contributed by atoms with Crippen molar-refractivity contribution >= 4 is 35.8 Å². The summed E-state index contributed by atoms with van der Waals surface area (Å²) in [4.78, 5) is 19.4. The summed E-state index contributed by atoms with van der Waals surface area (Å²) in [6.07, 6.45) is 5.12. The summed E-state index contributed by atoms with van der Waals surface area (Å²) in [5, 5.41) is 6.78. The molecule has 0 radical (unpaired) electrons. The summed E-state index contributed by atoms with van der Waals surface area (Å²) in [6.45, 7) is 8.29. The molecule has 1 atom stereocenters. The Kier molecular flexibility index (Phi) is 11.2. The van der Waals surface area contributed by atoms with Gasteiger partial charge in [-0.2, -0.15) is 0 Å². The number of aliphatic imine (C=N–C) groups is 1. The summed E-state index contributed by atoms with van der Waals surface area (Å²) in [5.74, 6) is 2.30. The van der Waals surface area contributed by atoms with Crippen molar-refractivity contribution in [1.82, 2.24) is 15.5 Å². The van der Waals surface area contributed by atoms with E-state index in [-0.39, 0.29) is 35.3 Å². The van der Waals surface area contributed by atoms with Crippen LogP contribution in [0.15, 0.2) is 23.2 Å². The molecule has 33 heavy (non-hydrogen) atoms. The number of nitrogens with one attached hydrogen (secondary N) is 2. The summed E-state index contributed by atoms with van der Waals surface area (Å²) in [7, 11) is 3.69. The van der Waals surface area contributed by atoms with Crippen LogP contribution in [-0.2, 0) is 16.1 Å². The van der Waals surface area contributed by atoms with Gasteiger partial charge < -0.3 is 25.0 Å². The van der Waals surface area contributed by atoms with Crippen molar-refractivity contribution in [2.45, 2.75) is 52.5 Å². The van der Waals surface area contributed by atoms with E-state index in [2.05, 4.69) is 42.7 Å². The topological polar surface area (TPSA) is 75.2 Å². The van der Waals surface area contributed by atoms with E-state index in [4.69, 9.17) is 14.5 Å². The van der Waals surface area contributed by atoms with E-state index in [9.17, 15) is 4.79 Å². The third kappa shape index (κ3) is 7.73. The fraction of sp³-hybridized carbons (Fsp3) is 0.680. The predicted molar refractivity (Wildman–Crippen MR) is 143 cm³/mol. The number of guanidine groups is 1. The molecule has 7 nitrogen and oxygen atoms in total. The van der Waals surface area contributed by atoms with Gasteiger partial charge in [-0.05, 0) is 44.7 Å². The first-order valence-electron chi connectivity index (χ1n) is 12.0. The lowest BCUT2D eigenvalue weighted by molar-refractivity contribution is -0.138. The van der Waals surface area contributed by atoms with E-state index in [0.29, 0.717) is 25.6 Å². The number of halogens is 1. The lowest BCUT2D eigenvalue weighted by atomic mass is 9.84. The molecule has 3 rings (SSSR count). The van der Waals surface area contributed by atoms with Crippen LogP contribution in [0.1, 0.15) is 50.2 Å². The van der Waals surface area contributed by atoms with Crippen molar-refractivity contribution in [3.63, 3.8) is 0 Å². The van der Waals surface area contributed by atoms with E-state index in [1.807, 2.05) is 14.1 Å². The highest BCUT2D eigenvalue weighted by atomic mass is 127. The Bertz CT molecular complexity index is 788. The van der Waals surface area contributed by atoms with Crippen molar-refractivity contribution < 1.29 is 14.3 Å². The smallest absolute Gasteiger partial charge is 0.230 e. The van der Waals surface area contributed by atoms with Gasteiger partial charge in [0.15, 0.2) is 5.96 Å². The van der Waals surface area contributed by atoms with E-state index in [1.165, 1.54) is 5.56 Å². The fourth-order valence-corrected chi connectivity index (χ4v) is 4.60. The quantitative estimate of drug-likeness (QED) is 0.268. The number of benzene rings is 1. The summed E-state index contributed by atoms with van der Waals surface area (Å²) in [5.41, 5.74) is 1.90. The Hall–Kier alpha value is -1.55. The molecule has 1 aromatic rings. The van der Waals surface area contributed by atoms with Gasteiger partial charge in [-0.15, -0.1) is 24.0 Å². The number of carbonyl (C=O) groups excluding carboxylic acids is 1. The first-order valence-corrected chi connectivity index (χ1v) is 12.0. The van der Waals surface area contributed by atoms with E-state index in [0.717, 1.165) is 69.1 Å². The molecule has 1 aromatic carbocycles. The van der Waals surface area contributed by atoms with Crippen molar-refractivity contribution in [1.29, 1.82) is 0 Å². The first kappa shape index (κ1) is 27.7. The lowest BCUT2D eigenvalue weighted by Crippen LogP contribution is -2.49. The maximum Gasteiger partial charge on any atom is 0.230 e. The van der Waals surface area contributed by atoms with Crippen LogP contribution in [-0.4, -0.2) is 63.8 Å². The molecule has 1 saturated carbocycles. The molecule has 1 unspecified atom stereocenters. The number of hydrogen-bond acceptors (Lipinski definition) is 4. The molecule has 0 spiro atoms. The average Bonchev–Trinajstić information content (AvgIpc) is 3.47. The maximum absolute atomic E-state index is 12.9. The minimum atomic E-state index is -0.332. The van der Waals surface area contributed by atoms with E-state index in [1.54, 1.807) is 4.90 Å². The second kappa shape index (κ2) is 13.4. The van der Waals surface area contributed by atoms with Gasteiger partial charge in [-0.25, -0.2) is 4.99 Å². The van der Waals surface area contributed by atoms with Crippen LogP contribution in [0, 0.1) is 18.3 Å². The van der Waals surface area contributed by atoms with E-state index >= 15 is 0 Å². The Morgan fingerprint density at radius 2 is 2.03 bits per heavy atom. The highest BCUT2D eigenvalue weighted by Gasteiger charge is 2.42. The molecule has 1 aliphatic heterocycles. The third-order valence-electron chi connectivity index (χ3n) is 6.49. The SMILES string of the molecule is CCNC(=NCc1ccc(C)cc1OCC1CCOC1)NCC1(C(=O)N(C)C)CCCC1.I. The summed E-state index contributed by atoms with van der Waals surface area (Å²) < 4.78 is 11.6. The van der Waals surface area contributed by atoms with Crippen molar-refractivity contribution in [2.24, 2.45) is 16.3 Å². The zero-order valence-electron chi connectivity index (χ0n) is 20.6. The molecule has 1 saturated heterocycles. The molecule has 1 amide bonds. The first-order chi connectivity index (χ1) is 15.4. The normalized spacial score (nSPS) is 19.6. The number of hydrogen-bond donors (Lipinski definition) is 2. The van der Waals surface area contributed by atoms with Gasteiger partial charge in [0.2, 0.25) is 5.91 Å². The summed E-state index contributed by atoms with van der Waals surface area (Å²) >= 11 is 0. The Morgan fingerprint density at radius 3 is 2.67 bits per heavy atom. The van der Waals surface area contributed by atoms with Crippen molar-refractivity contribution in [3.05, 3.63) is 29.3 Å². The van der Waals surface area contributed by atoms with Crippen LogP contribution in [0.5, 0.6) is 5.75 Å². The molecule has 0 aromatic heterocycles. The average molecular weight is 573 g/mol. The molecule has 8 heteroatoms. The number of ether oxygens (including phenoxy) is 2. The van der Waals surface area contributed by atoms with Gasteiger partial charge in [0.05, 0.1) is 25.2 Å². The molecule has 0 bridgehead atoms. The number of carbonyl (C=O) groups is 1. The van der Waals surface area contributed by atoms with Gasteiger partial charge in [-0.1, -0.05) is 25.0 Å². The zero-order valence-corrected chi connectivity index (χ0v) is 22.9. The molecule has 2 N–H and O–H groups in total. The third-order valence-corrected chi connectivity index (χ3v) is 6.49. The zero-order chi connectivity index (χ0) is 23.0. The number of nitrogens with zero attached hydrogens (tertiary/aromatic N) is 2. The molecule has 186 valence electrons. The van der Waals surface area contributed by atoms with Gasteiger partial charge in [0.1, 0.15) is 5.75 Å². The van der Waals surface area contributed by atoms with Gasteiger partial charge in [0, 0.05) is 45.3 Å². The van der Waals surface area contributed by atoms with Gasteiger partial charge in [-0.3, -0.25) is 4.79 Å². The minimum absolute atomic E-state index is 0. The monoisotopic (exact) mass is 572 g/mol. The molecule has 1 aliphatic carbocycles. The van der Waals surface area contributed by atoms with Crippen molar-refractivity contribution in [3.8, 4) is 5.75 Å². The number of rotatable bonds is 9. The molecule has 2 aliphatic rings. The fourth-order valence-electron chi connectivity index (χ4n) is 4.60. The van der Waals surface area contributed by atoms with E-state index < -0.39 is 0 Å². The standard InChI is InChI=1S/C25H40N4O3.HI/c1-5-26-24(28-18-25(11-6-7-12-25)23(30)29(3)4)27-15-21-9-8-19(2)14-22(21)32-17-20-10-13-31-16-20;/h8-9,14,20H,5-7,10-13,15-18H2,1-4H3,(H2,26,27,28);1H. The predicted octanol–water partition coefficient (Wildman–Crippen LogP) is 3.73. The molecule has 2 fully saturated rings. The molecule has 1 heterocycles. The van der Waals surface area contributed by atoms with Crippen LogP contribution in [0.25, 0.3) is 0 Å². The Morgan fingerprint density at radius 1 is 1.27 bits per heavy atom. The Balaban J connectivity index is 0.00000385. The van der Waals surface area contributed by atoms with Gasteiger partial charge in [0.25, 0.3) is 0 Å². The maximum atomic E-state index is 12.9. The van der Waals surface area contributed by atoms with Crippen LogP contribution in [0.4, 0.5) is 0 Å². The number of aryl methyl sites for hydroxylation is 1. The van der Waals surface area contributed by atoms with Crippen LogP contribution in [0.3, 0.4) is 0 Å². The molecular formula is C25H41IN4O3. The second-order valence-electron chi connectivity index (χ2n) is 9.39. The van der Waals surface area contributed by atoms with Crippen LogP contribution < -0.4 is 15.4 Å². The second-order valence-corrected chi connectivity index (χ2v) is 9.39. The minimum Gasteiger partial charge on any atom is -0.493 e.